The fraction of sp³-hybridized carbons (Fsp3) is 0.360. The van der Waals surface area contributed by atoms with E-state index in [1.165, 1.54) is 15.8 Å². The summed E-state index contributed by atoms with van der Waals surface area (Å²) in [7, 11) is -0.956. The zero-order valence-corrected chi connectivity index (χ0v) is 37.4. The molecular weight excluding hydrogens is 781 g/mol. The Bertz CT molecular complexity index is 2510. The van der Waals surface area contributed by atoms with Gasteiger partial charge in [0.05, 0.1) is 57.3 Å². The van der Waals surface area contributed by atoms with Crippen molar-refractivity contribution in [2.45, 2.75) is 83.8 Å². The van der Waals surface area contributed by atoms with Crippen LogP contribution in [0.25, 0.3) is 16.5 Å². The second-order valence-electron chi connectivity index (χ2n) is 17.3. The van der Waals surface area contributed by atoms with Crippen LogP contribution in [0.4, 0.5) is 5.69 Å². The molecular formula is C50H58N4O6Si. The van der Waals surface area contributed by atoms with E-state index in [2.05, 4.69) is 70.2 Å². The van der Waals surface area contributed by atoms with Crippen molar-refractivity contribution in [3.05, 3.63) is 148 Å². The molecule has 0 bridgehead atoms. The van der Waals surface area contributed by atoms with Gasteiger partial charge in [0.2, 0.25) is 5.91 Å². The summed E-state index contributed by atoms with van der Waals surface area (Å²) in [6.07, 6.45) is 7.18. The molecule has 1 N–H and O–H groups in total. The normalized spacial score (nSPS) is 20.0. The smallest absolute Gasteiger partial charge is 0.279 e. The van der Waals surface area contributed by atoms with E-state index in [-0.39, 0.29) is 48.4 Å². The molecule has 0 saturated carbocycles. The fourth-order valence-corrected chi connectivity index (χ4v) is 13.6. The number of benzene rings is 4. The summed E-state index contributed by atoms with van der Waals surface area (Å²) in [5.74, 6) is 0.0212. The lowest BCUT2D eigenvalue weighted by Crippen LogP contribution is -2.52. The molecule has 3 heterocycles. The maximum Gasteiger partial charge on any atom is 0.279 e. The standard InChI is InChI=1S/C50H58N4O6Si/c1-34(2)14-13-15-35(3)26-27-53-44-25-20-39(54-48(57)42-19-12-11-18-38(42)32-51-54)30-43(44)50(49(53)58)36(4)47(61(6,7)41-23-21-40(59-5)22-24-41)45(60-50)31-46(56)52(28-29-55)33-37-16-9-8-10-17-37/h8-12,14,16-26,30,32,36,45,47,55H,13,15,27-29,31,33H2,1-7H3/b35-26+/t36-,45+,47-,50+/m0/s1. The molecule has 1 spiro atoms. The molecule has 2 amide bonds. The summed E-state index contributed by atoms with van der Waals surface area (Å²) < 4.78 is 14.3. The molecule has 5 aromatic rings. The van der Waals surface area contributed by atoms with Gasteiger partial charge in [-0.1, -0.05) is 109 Å². The molecule has 61 heavy (non-hydrogen) atoms. The van der Waals surface area contributed by atoms with Crippen LogP contribution in [0.15, 0.2) is 131 Å². The highest BCUT2D eigenvalue weighted by atomic mass is 28.3. The summed E-state index contributed by atoms with van der Waals surface area (Å²) in [5, 5.41) is 17.1. The number of ether oxygens (including phenoxy) is 2. The average Bonchev–Trinajstić information content (AvgIpc) is 3.68. The van der Waals surface area contributed by atoms with Gasteiger partial charge in [-0.15, -0.1) is 0 Å². The van der Waals surface area contributed by atoms with Gasteiger partial charge in [-0.05, 0) is 81.1 Å². The van der Waals surface area contributed by atoms with Gasteiger partial charge in [0, 0.05) is 36.5 Å². The number of methoxy groups -OCH3 is 1. The molecule has 2 aliphatic heterocycles. The first kappa shape index (κ1) is 43.5. The Kier molecular flexibility index (Phi) is 12.9. The monoisotopic (exact) mass is 838 g/mol. The summed E-state index contributed by atoms with van der Waals surface area (Å²) in [5.41, 5.74) is 3.35. The quantitative estimate of drug-likeness (QED) is 0.0839. The van der Waals surface area contributed by atoms with E-state index in [0.717, 1.165) is 34.7 Å². The van der Waals surface area contributed by atoms with Crippen molar-refractivity contribution in [2.24, 2.45) is 5.92 Å². The van der Waals surface area contributed by atoms with Crippen LogP contribution in [0, 0.1) is 5.92 Å². The number of aliphatic hydroxyl groups excluding tert-OH is 1. The van der Waals surface area contributed by atoms with E-state index in [0.29, 0.717) is 35.4 Å². The van der Waals surface area contributed by atoms with Crippen LogP contribution >= 0.6 is 0 Å². The number of aromatic nitrogens is 2. The molecule has 1 aromatic heterocycles. The molecule has 4 aromatic carbocycles. The number of carbonyl (C=O) groups is 2. The minimum atomic E-state index is -2.60. The van der Waals surface area contributed by atoms with Gasteiger partial charge in [-0.2, -0.15) is 9.78 Å². The number of anilines is 1. The van der Waals surface area contributed by atoms with Crippen LogP contribution in [0.3, 0.4) is 0 Å². The molecule has 318 valence electrons. The topological polar surface area (TPSA) is 114 Å². The molecule has 10 nitrogen and oxygen atoms in total. The predicted octanol–water partition coefficient (Wildman–Crippen LogP) is 8.06. The van der Waals surface area contributed by atoms with Gasteiger partial charge < -0.3 is 24.4 Å². The van der Waals surface area contributed by atoms with Gasteiger partial charge in [0.15, 0.2) is 5.60 Å². The number of carbonyl (C=O) groups excluding carboxylic acids is 2. The molecule has 1 fully saturated rings. The zero-order valence-electron chi connectivity index (χ0n) is 36.4. The highest BCUT2D eigenvalue weighted by Gasteiger charge is 2.66. The SMILES string of the molecule is COc1ccc([Si](C)(C)[C@@H]2[C@@H](CC(=O)N(CCO)Cc3ccccc3)O[C@]3(C(=O)N(C/C=C(\C)CCC=C(C)C)c4ccc(-n5ncc6ccccc6c5=O)cc43)[C@H]2C)cc1. The van der Waals surface area contributed by atoms with E-state index in [1.807, 2.05) is 83.8 Å². The van der Waals surface area contributed by atoms with Gasteiger partial charge >= 0.3 is 0 Å². The third-order valence-corrected chi connectivity index (χ3v) is 17.1. The Labute approximate surface area is 360 Å². The van der Waals surface area contributed by atoms with Crippen molar-refractivity contribution in [3.63, 3.8) is 0 Å². The van der Waals surface area contributed by atoms with Gasteiger partial charge in [-0.25, -0.2) is 0 Å². The zero-order chi connectivity index (χ0) is 43.5. The van der Waals surface area contributed by atoms with Crippen LogP contribution in [-0.2, 0) is 26.5 Å². The van der Waals surface area contributed by atoms with E-state index in [4.69, 9.17) is 9.47 Å². The largest absolute Gasteiger partial charge is 0.497 e. The number of rotatable bonds is 15. The average molecular weight is 839 g/mol. The number of nitrogens with zero attached hydrogens (tertiary/aromatic N) is 4. The fourth-order valence-electron chi connectivity index (χ4n) is 9.54. The van der Waals surface area contributed by atoms with Gasteiger partial charge in [0.1, 0.15) is 5.75 Å². The lowest BCUT2D eigenvalue weighted by Gasteiger charge is -2.37. The van der Waals surface area contributed by atoms with Crippen LogP contribution in [-0.4, -0.2) is 72.6 Å². The van der Waals surface area contributed by atoms with E-state index in [1.54, 1.807) is 24.3 Å². The van der Waals surface area contributed by atoms with Crippen molar-refractivity contribution in [1.82, 2.24) is 14.7 Å². The lowest BCUT2D eigenvalue weighted by molar-refractivity contribution is -0.149. The Morgan fingerprint density at radius 3 is 2.39 bits per heavy atom. The van der Waals surface area contributed by atoms with Crippen LogP contribution < -0.4 is 20.4 Å². The van der Waals surface area contributed by atoms with Crippen molar-refractivity contribution < 1.29 is 24.2 Å². The molecule has 7 rings (SSSR count). The molecule has 1 saturated heterocycles. The lowest BCUT2D eigenvalue weighted by atomic mass is 9.82. The van der Waals surface area contributed by atoms with Crippen molar-refractivity contribution in [1.29, 1.82) is 0 Å². The van der Waals surface area contributed by atoms with E-state index < -0.39 is 19.8 Å². The minimum absolute atomic E-state index is 0.0214. The number of amides is 2. The molecule has 0 unspecified atom stereocenters. The third kappa shape index (κ3) is 8.51. The third-order valence-electron chi connectivity index (χ3n) is 12.8. The molecule has 4 atom stereocenters. The number of aliphatic hydroxyl groups is 1. The van der Waals surface area contributed by atoms with Gasteiger partial charge in [0.25, 0.3) is 11.5 Å². The first-order chi connectivity index (χ1) is 29.3. The summed E-state index contributed by atoms with van der Waals surface area (Å²) in [6.45, 7) is 13.6. The van der Waals surface area contributed by atoms with Crippen molar-refractivity contribution in [2.75, 3.05) is 31.7 Å². The van der Waals surface area contributed by atoms with Crippen molar-refractivity contribution in [3.8, 4) is 11.4 Å². The second-order valence-corrected chi connectivity index (χ2v) is 22.0. The number of hydrogen-bond acceptors (Lipinski definition) is 7. The van der Waals surface area contributed by atoms with Crippen LogP contribution in [0.2, 0.25) is 18.6 Å². The molecule has 2 aliphatic rings. The van der Waals surface area contributed by atoms with Gasteiger partial charge in [-0.3, -0.25) is 14.4 Å². The second kappa shape index (κ2) is 18.2. The summed E-state index contributed by atoms with van der Waals surface area (Å²) in [4.78, 5) is 47.6. The Morgan fingerprint density at radius 1 is 0.967 bits per heavy atom. The number of allylic oxidation sites excluding steroid dienone is 3. The first-order valence-electron chi connectivity index (χ1n) is 21.3. The number of hydrogen-bond donors (Lipinski definition) is 1. The molecule has 11 heteroatoms. The van der Waals surface area contributed by atoms with Crippen LogP contribution in [0.1, 0.15) is 58.1 Å². The summed E-state index contributed by atoms with van der Waals surface area (Å²) in [6, 6.07) is 30.9. The highest BCUT2D eigenvalue weighted by molar-refractivity contribution is 6.91. The van der Waals surface area contributed by atoms with E-state index in [9.17, 15) is 14.7 Å². The number of fused-ring (bicyclic) bond motifs is 3. The highest BCUT2D eigenvalue weighted by Crippen LogP contribution is 2.60. The minimum Gasteiger partial charge on any atom is -0.497 e. The predicted molar refractivity (Wildman–Crippen MR) is 245 cm³/mol. The van der Waals surface area contributed by atoms with Crippen LogP contribution in [0.5, 0.6) is 5.75 Å². The van der Waals surface area contributed by atoms with Crippen molar-refractivity contribution >= 4 is 41.5 Å². The summed E-state index contributed by atoms with van der Waals surface area (Å²) >= 11 is 0. The van der Waals surface area contributed by atoms with E-state index >= 15 is 4.79 Å². The Hall–Kier alpha value is -5.62. The first-order valence-corrected chi connectivity index (χ1v) is 24.4. The Balaban J connectivity index is 1.36. The molecule has 0 aliphatic carbocycles. The Morgan fingerprint density at radius 2 is 1.69 bits per heavy atom. The maximum absolute atomic E-state index is 15.6. The molecule has 0 radical (unpaired) electrons. The maximum atomic E-state index is 15.6.